The van der Waals surface area contributed by atoms with Gasteiger partial charge in [-0.1, -0.05) is 30.3 Å². The molecule has 136 valence electrons. The fraction of sp³-hybridized carbons (Fsp3) is 0.222. The summed E-state index contributed by atoms with van der Waals surface area (Å²) in [5.41, 5.74) is 7.96. The topological polar surface area (TPSA) is 72.9 Å². The Balaban J connectivity index is 1.80. The maximum absolute atomic E-state index is 12.8. The molecule has 26 heavy (non-hydrogen) atoms. The zero-order chi connectivity index (χ0) is 18.7. The van der Waals surface area contributed by atoms with Crippen molar-refractivity contribution < 1.29 is 4.79 Å². The lowest BCUT2D eigenvalue weighted by molar-refractivity contribution is 0.0941. The molecule has 2 aromatic heterocycles. The molecule has 0 aliphatic heterocycles. The van der Waals surface area contributed by atoms with Crippen LogP contribution in [0, 0.1) is 0 Å². The molecule has 0 spiro atoms. The van der Waals surface area contributed by atoms with E-state index in [9.17, 15) is 4.79 Å². The molecule has 3 N–H and O–H groups in total. The molecule has 1 unspecified atom stereocenters. The van der Waals surface area contributed by atoms with E-state index in [0.717, 1.165) is 25.1 Å². The van der Waals surface area contributed by atoms with Crippen LogP contribution in [-0.4, -0.2) is 28.3 Å². The highest BCUT2D eigenvalue weighted by Gasteiger charge is 2.23. The van der Waals surface area contributed by atoms with Gasteiger partial charge in [0.05, 0.1) is 19.5 Å². The third-order valence-corrected chi connectivity index (χ3v) is 7.85. The van der Waals surface area contributed by atoms with Gasteiger partial charge in [0.15, 0.2) is 0 Å². The molecule has 8 heteroatoms. The SMILES string of the molecule is Cn1nccc1-c1sc(C(=O)NC(CN)Cc2ccccc2)c(Br)c1Br. The van der Waals surface area contributed by atoms with E-state index in [2.05, 4.69) is 42.3 Å². The lowest BCUT2D eigenvalue weighted by atomic mass is 10.1. The van der Waals surface area contributed by atoms with Crippen molar-refractivity contribution in [1.82, 2.24) is 15.1 Å². The molecule has 0 bridgehead atoms. The lowest BCUT2D eigenvalue weighted by Gasteiger charge is -2.16. The monoisotopic (exact) mass is 496 g/mol. The first-order chi connectivity index (χ1) is 12.5. The molecule has 0 saturated carbocycles. The van der Waals surface area contributed by atoms with Gasteiger partial charge in [0, 0.05) is 25.8 Å². The predicted octanol–water partition coefficient (Wildman–Crippen LogP) is 3.97. The second kappa shape index (κ2) is 8.47. The van der Waals surface area contributed by atoms with Crippen LogP contribution in [0.1, 0.15) is 15.2 Å². The minimum atomic E-state index is -0.137. The first kappa shape index (κ1) is 19.3. The maximum atomic E-state index is 12.8. The van der Waals surface area contributed by atoms with Crippen LogP contribution in [0.4, 0.5) is 0 Å². The van der Waals surface area contributed by atoms with Crippen molar-refractivity contribution in [3.05, 3.63) is 62.0 Å². The van der Waals surface area contributed by atoms with E-state index in [4.69, 9.17) is 5.73 Å². The highest BCUT2D eigenvalue weighted by atomic mass is 79.9. The summed E-state index contributed by atoms with van der Waals surface area (Å²) in [5, 5.41) is 7.24. The molecule has 3 aromatic rings. The first-order valence-electron chi connectivity index (χ1n) is 8.02. The number of benzene rings is 1. The summed E-state index contributed by atoms with van der Waals surface area (Å²) in [7, 11) is 1.87. The van der Waals surface area contributed by atoms with Crippen LogP contribution in [0.25, 0.3) is 10.6 Å². The Morgan fingerprint density at radius 3 is 2.62 bits per heavy atom. The smallest absolute Gasteiger partial charge is 0.262 e. The lowest BCUT2D eigenvalue weighted by Crippen LogP contribution is -2.41. The number of aryl methyl sites for hydroxylation is 1. The van der Waals surface area contributed by atoms with Gasteiger partial charge in [-0.15, -0.1) is 11.3 Å². The van der Waals surface area contributed by atoms with E-state index >= 15 is 0 Å². The molecular weight excluding hydrogens is 480 g/mol. The Hall–Kier alpha value is -1.48. The summed E-state index contributed by atoms with van der Waals surface area (Å²) in [5.74, 6) is -0.137. The zero-order valence-electron chi connectivity index (χ0n) is 14.1. The summed E-state index contributed by atoms with van der Waals surface area (Å²) in [4.78, 5) is 14.4. The molecule has 3 rings (SSSR count). The fourth-order valence-corrected chi connectivity index (χ4v) is 5.21. The van der Waals surface area contributed by atoms with Crippen LogP contribution in [-0.2, 0) is 13.5 Å². The molecule has 0 aliphatic carbocycles. The van der Waals surface area contributed by atoms with Gasteiger partial charge < -0.3 is 11.1 Å². The molecule has 1 atom stereocenters. The van der Waals surface area contributed by atoms with Crippen molar-refractivity contribution in [3.8, 4) is 10.6 Å². The molecule has 1 amide bonds. The van der Waals surface area contributed by atoms with Gasteiger partial charge >= 0.3 is 0 Å². The van der Waals surface area contributed by atoms with E-state index in [-0.39, 0.29) is 11.9 Å². The van der Waals surface area contributed by atoms with Gasteiger partial charge in [-0.25, -0.2) is 0 Å². The van der Waals surface area contributed by atoms with Crippen molar-refractivity contribution in [2.45, 2.75) is 12.5 Å². The Morgan fingerprint density at radius 1 is 1.27 bits per heavy atom. The van der Waals surface area contributed by atoms with Gasteiger partial charge in [-0.05, 0) is 49.9 Å². The standard InChI is InChI=1S/C18H18Br2N4OS/c1-24-13(7-8-22-24)16-14(19)15(20)17(26-16)18(25)23-12(10-21)9-11-5-3-2-4-6-11/h2-8,12H,9-10,21H2,1H3,(H,23,25). The molecule has 0 saturated heterocycles. The molecule has 0 radical (unpaired) electrons. The van der Waals surface area contributed by atoms with Crippen LogP contribution in [0.3, 0.4) is 0 Å². The van der Waals surface area contributed by atoms with Crippen molar-refractivity contribution in [2.24, 2.45) is 12.8 Å². The second-order valence-electron chi connectivity index (χ2n) is 5.82. The number of carbonyl (C=O) groups is 1. The normalized spacial score (nSPS) is 12.2. The number of thiophene rings is 1. The van der Waals surface area contributed by atoms with E-state index in [1.165, 1.54) is 11.3 Å². The van der Waals surface area contributed by atoms with E-state index in [0.29, 0.717) is 17.8 Å². The Kier molecular flexibility index (Phi) is 6.29. The third kappa shape index (κ3) is 4.09. The zero-order valence-corrected chi connectivity index (χ0v) is 18.1. The van der Waals surface area contributed by atoms with Crippen LogP contribution in [0.15, 0.2) is 51.5 Å². The van der Waals surface area contributed by atoms with Gasteiger partial charge in [-0.2, -0.15) is 5.10 Å². The number of aromatic nitrogens is 2. The first-order valence-corrected chi connectivity index (χ1v) is 10.4. The average molecular weight is 498 g/mol. The number of halogens is 2. The van der Waals surface area contributed by atoms with E-state index in [1.807, 2.05) is 43.4 Å². The number of nitrogens with one attached hydrogen (secondary N) is 1. The van der Waals surface area contributed by atoms with Gasteiger partial charge in [0.1, 0.15) is 4.88 Å². The minimum Gasteiger partial charge on any atom is -0.347 e. The van der Waals surface area contributed by atoms with Gasteiger partial charge in [0.25, 0.3) is 5.91 Å². The highest BCUT2D eigenvalue weighted by Crippen LogP contribution is 2.43. The Bertz CT molecular complexity index is 907. The number of hydrogen-bond acceptors (Lipinski definition) is 4. The highest BCUT2D eigenvalue weighted by molar-refractivity contribution is 9.13. The van der Waals surface area contributed by atoms with Crippen molar-refractivity contribution in [3.63, 3.8) is 0 Å². The van der Waals surface area contributed by atoms with Crippen molar-refractivity contribution in [2.75, 3.05) is 6.54 Å². The predicted molar refractivity (Wildman–Crippen MR) is 112 cm³/mol. The summed E-state index contributed by atoms with van der Waals surface area (Å²) >= 11 is 8.53. The summed E-state index contributed by atoms with van der Waals surface area (Å²) < 4.78 is 3.37. The molecule has 2 heterocycles. The summed E-state index contributed by atoms with van der Waals surface area (Å²) in [6.07, 6.45) is 2.43. The fourth-order valence-electron chi connectivity index (χ4n) is 2.64. The number of nitrogens with two attached hydrogens (primary N) is 1. The quantitative estimate of drug-likeness (QED) is 0.541. The molecule has 1 aromatic carbocycles. The van der Waals surface area contributed by atoms with E-state index < -0.39 is 0 Å². The Labute approximate surface area is 172 Å². The van der Waals surface area contributed by atoms with Crippen molar-refractivity contribution >= 4 is 49.1 Å². The number of hydrogen-bond donors (Lipinski definition) is 2. The molecule has 0 fully saturated rings. The number of rotatable bonds is 6. The van der Waals surface area contributed by atoms with Crippen LogP contribution in [0.2, 0.25) is 0 Å². The summed E-state index contributed by atoms with van der Waals surface area (Å²) in [6, 6.07) is 11.8. The second-order valence-corrected chi connectivity index (χ2v) is 8.43. The maximum Gasteiger partial charge on any atom is 0.262 e. The van der Waals surface area contributed by atoms with Crippen molar-refractivity contribution in [1.29, 1.82) is 0 Å². The third-order valence-electron chi connectivity index (χ3n) is 4.00. The molecule has 0 aliphatic rings. The van der Waals surface area contributed by atoms with Crippen LogP contribution in [0.5, 0.6) is 0 Å². The minimum absolute atomic E-state index is 0.127. The average Bonchev–Trinajstić information content (AvgIpc) is 3.19. The number of nitrogens with zero attached hydrogens (tertiary/aromatic N) is 2. The van der Waals surface area contributed by atoms with E-state index in [1.54, 1.807) is 10.9 Å². The number of carbonyl (C=O) groups excluding carboxylic acids is 1. The number of amides is 1. The van der Waals surface area contributed by atoms with Gasteiger partial charge in [0.2, 0.25) is 0 Å². The molecule has 5 nitrogen and oxygen atoms in total. The van der Waals surface area contributed by atoms with Gasteiger partial charge in [-0.3, -0.25) is 9.48 Å². The Morgan fingerprint density at radius 2 is 2.00 bits per heavy atom. The molecular formula is C18H18Br2N4OS. The van der Waals surface area contributed by atoms with Crippen LogP contribution >= 0.6 is 43.2 Å². The van der Waals surface area contributed by atoms with Crippen LogP contribution < -0.4 is 11.1 Å². The largest absolute Gasteiger partial charge is 0.347 e. The summed E-state index contributed by atoms with van der Waals surface area (Å²) in [6.45, 7) is 0.374.